The molecule has 0 fully saturated rings. The third-order valence-corrected chi connectivity index (χ3v) is 1.70. The first-order valence-corrected chi connectivity index (χ1v) is 5.02. The van der Waals surface area contributed by atoms with Gasteiger partial charge < -0.3 is 14.6 Å². The van der Waals surface area contributed by atoms with Gasteiger partial charge in [-0.1, -0.05) is 25.1 Å². The van der Waals surface area contributed by atoms with E-state index in [0.717, 1.165) is 6.26 Å². The molecule has 0 amide bonds. The van der Waals surface area contributed by atoms with E-state index in [0.29, 0.717) is 12.2 Å². The van der Waals surface area contributed by atoms with Gasteiger partial charge in [0.1, 0.15) is 12.0 Å². The molecule has 1 rings (SSSR count). The second-order valence-corrected chi connectivity index (χ2v) is 3.07. The zero-order valence-electron chi connectivity index (χ0n) is 9.05. The molecule has 16 heavy (non-hydrogen) atoms. The minimum Gasteiger partial charge on any atom is -0.500 e. The lowest BCUT2D eigenvalue weighted by atomic mass is 10.3. The molecule has 0 heterocycles. The van der Waals surface area contributed by atoms with Crippen LogP contribution in [0.5, 0.6) is 5.75 Å². The fourth-order valence-electron chi connectivity index (χ4n) is 0.940. The number of hydrogen-bond donors (Lipinski definition) is 1. The fraction of sp³-hybridized carbons (Fsp3) is 0.250. The van der Waals surface area contributed by atoms with E-state index >= 15 is 0 Å². The topological polar surface area (TPSA) is 55.8 Å². The molecule has 1 N–H and O–H groups in total. The highest BCUT2D eigenvalue weighted by Crippen LogP contribution is 2.09. The number of esters is 1. The van der Waals surface area contributed by atoms with Crippen molar-refractivity contribution in [3.63, 3.8) is 0 Å². The molecule has 0 aliphatic heterocycles. The highest BCUT2D eigenvalue weighted by molar-refractivity contribution is 5.85. The Hall–Kier alpha value is -1.97. The van der Waals surface area contributed by atoms with Gasteiger partial charge in [-0.25, -0.2) is 4.79 Å². The minimum absolute atomic E-state index is 0.280. The lowest BCUT2D eigenvalue weighted by Crippen LogP contribution is -2.09. The van der Waals surface area contributed by atoms with Crippen molar-refractivity contribution in [2.24, 2.45) is 0 Å². The number of benzene rings is 1. The Kier molecular flexibility index (Phi) is 4.92. The summed E-state index contributed by atoms with van der Waals surface area (Å²) >= 11 is 0. The summed E-state index contributed by atoms with van der Waals surface area (Å²) in [7, 11) is 0. The van der Waals surface area contributed by atoms with E-state index in [1.54, 1.807) is 24.3 Å². The lowest BCUT2D eigenvalue weighted by Gasteiger charge is -2.02. The van der Waals surface area contributed by atoms with Gasteiger partial charge in [-0.15, -0.1) is 0 Å². The summed E-state index contributed by atoms with van der Waals surface area (Å²) in [4.78, 5) is 11.1. The molecule has 0 spiro atoms. The van der Waals surface area contributed by atoms with E-state index in [9.17, 15) is 9.90 Å². The summed E-state index contributed by atoms with van der Waals surface area (Å²) in [6.07, 6.45) is 1.67. The zero-order chi connectivity index (χ0) is 11.8. The van der Waals surface area contributed by atoms with E-state index in [-0.39, 0.29) is 6.61 Å². The van der Waals surface area contributed by atoms with Crippen LogP contribution in [-0.4, -0.2) is 17.7 Å². The molecule has 4 heteroatoms. The average molecular weight is 222 g/mol. The van der Waals surface area contributed by atoms with Crippen molar-refractivity contribution in [3.05, 3.63) is 42.4 Å². The number of carbonyl (C=O) groups is 1. The van der Waals surface area contributed by atoms with Gasteiger partial charge >= 0.3 is 5.97 Å². The van der Waals surface area contributed by atoms with E-state index < -0.39 is 11.7 Å². The number of aliphatic hydroxyl groups is 1. The minimum atomic E-state index is -0.780. The largest absolute Gasteiger partial charge is 0.500 e. The Morgan fingerprint density at radius 3 is 2.69 bits per heavy atom. The van der Waals surface area contributed by atoms with E-state index in [1.165, 1.54) is 0 Å². The van der Waals surface area contributed by atoms with Crippen LogP contribution in [0.1, 0.15) is 13.3 Å². The number of ether oxygens (including phenoxy) is 2. The van der Waals surface area contributed by atoms with Crippen LogP contribution in [0.25, 0.3) is 0 Å². The summed E-state index contributed by atoms with van der Waals surface area (Å²) in [5, 5.41) is 9.27. The van der Waals surface area contributed by atoms with Gasteiger partial charge in [0.2, 0.25) is 5.76 Å². The SMILES string of the molecule is CCCOC(=O)/C(O)=C/Oc1ccccc1. The average Bonchev–Trinajstić information content (AvgIpc) is 2.34. The Morgan fingerprint density at radius 1 is 1.38 bits per heavy atom. The van der Waals surface area contributed by atoms with E-state index in [4.69, 9.17) is 9.47 Å². The quantitative estimate of drug-likeness (QED) is 0.472. The van der Waals surface area contributed by atoms with Crippen molar-refractivity contribution in [3.8, 4) is 5.75 Å². The van der Waals surface area contributed by atoms with Crippen LogP contribution in [0, 0.1) is 0 Å². The monoisotopic (exact) mass is 222 g/mol. The highest BCUT2D eigenvalue weighted by Gasteiger charge is 2.08. The second kappa shape index (κ2) is 6.50. The highest BCUT2D eigenvalue weighted by atomic mass is 16.5. The molecule has 86 valence electrons. The van der Waals surface area contributed by atoms with Crippen LogP contribution < -0.4 is 4.74 Å². The van der Waals surface area contributed by atoms with Gasteiger partial charge in [-0.2, -0.15) is 0 Å². The summed E-state index contributed by atoms with van der Waals surface area (Å²) in [6, 6.07) is 8.83. The molecule has 0 unspecified atom stereocenters. The standard InChI is InChI=1S/C12H14O4/c1-2-8-15-12(14)11(13)9-16-10-6-4-3-5-7-10/h3-7,9,13H,2,8H2,1H3/b11-9-. The van der Waals surface area contributed by atoms with Crippen molar-refractivity contribution in [2.75, 3.05) is 6.61 Å². The van der Waals surface area contributed by atoms with Gasteiger partial charge in [0.25, 0.3) is 0 Å². The maximum Gasteiger partial charge on any atom is 0.376 e. The molecule has 0 radical (unpaired) electrons. The Labute approximate surface area is 94.1 Å². The van der Waals surface area contributed by atoms with E-state index in [2.05, 4.69) is 0 Å². The molecule has 0 saturated carbocycles. The van der Waals surface area contributed by atoms with Crippen molar-refractivity contribution < 1.29 is 19.4 Å². The normalized spacial score (nSPS) is 10.9. The number of carbonyl (C=O) groups excluding carboxylic acids is 1. The fourth-order valence-corrected chi connectivity index (χ4v) is 0.940. The first-order chi connectivity index (χ1) is 7.74. The Morgan fingerprint density at radius 2 is 2.06 bits per heavy atom. The van der Waals surface area contributed by atoms with Gasteiger partial charge in [-0.05, 0) is 18.6 Å². The molecular formula is C12H14O4. The van der Waals surface area contributed by atoms with Gasteiger partial charge in [0.05, 0.1) is 6.61 Å². The molecule has 0 atom stereocenters. The molecule has 0 aliphatic carbocycles. The van der Waals surface area contributed by atoms with Crippen molar-refractivity contribution in [2.45, 2.75) is 13.3 Å². The number of hydrogen-bond acceptors (Lipinski definition) is 4. The smallest absolute Gasteiger partial charge is 0.376 e. The second-order valence-electron chi connectivity index (χ2n) is 3.07. The Bertz CT molecular complexity index is 357. The van der Waals surface area contributed by atoms with Crippen LogP contribution in [0.2, 0.25) is 0 Å². The summed E-state index contributed by atoms with van der Waals surface area (Å²) in [5.41, 5.74) is 0. The third kappa shape index (κ3) is 4.04. The van der Waals surface area contributed by atoms with Crippen LogP contribution in [-0.2, 0) is 9.53 Å². The lowest BCUT2D eigenvalue weighted by molar-refractivity contribution is -0.142. The summed E-state index contributed by atoms with van der Waals surface area (Å²) in [5.74, 6) is -0.785. The van der Waals surface area contributed by atoms with Gasteiger partial charge in [0, 0.05) is 0 Å². The molecule has 0 aromatic heterocycles. The van der Waals surface area contributed by atoms with E-state index in [1.807, 2.05) is 13.0 Å². The predicted octanol–water partition coefficient (Wildman–Crippen LogP) is 2.42. The van der Waals surface area contributed by atoms with Crippen LogP contribution in [0.4, 0.5) is 0 Å². The first kappa shape index (κ1) is 12.1. The van der Waals surface area contributed by atoms with Crippen molar-refractivity contribution in [1.82, 2.24) is 0 Å². The maximum atomic E-state index is 11.1. The molecule has 4 nitrogen and oxygen atoms in total. The number of rotatable bonds is 5. The predicted molar refractivity (Wildman–Crippen MR) is 59.0 cm³/mol. The van der Waals surface area contributed by atoms with Crippen molar-refractivity contribution >= 4 is 5.97 Å². The Balaban J connectivity index is 2.48. The maximum absolute atomic E-state index is 11.1. The zero-order valence-corrected chi connectivity index (χ0v) is 9.05. The third-order valence-electron chi connectivity index (χ3n) is 1.70. The molecule has 0 saturated heterocycles. The van der Waals surface area contributed by atoms with Crippen molar-refractivity contribution in [1.29, 1.82) is 0 Å². The molecule has 1 aromatic carbocycles. The van der Waals surface area contributed by atoms with Crippen LogP contribution in [0.15, 0.2) is 42.4 Å². The molecule has 1 aromatic rings. The first-order valence-electron chi connectivity index (χ1n) is 5.02. The number of para-hydroxylation sites is 1. The summed E-state index contributed by atoms with van der Waals surface area (Å²) < 4.78 is 9.76. The number of aliphatic hydroxyl groups excluding tert-OH is 1. The molecule has 0 aliphatic rings. The van der Waals surface area contributed by atoms with Crippen LogP contribution in [0.3, 0.4) is 0 Å². The summed E-state index contributed by atoms with van der Waals surface area (Å²) in [6.45, 7) is 2.15. The van der Waals surface area contributed by atoms with Gasteiger partial charge in [0.15, 0.2) is 0 Å². The van der Waals surface area contributed by atoms with Crippen LogP contribution >= 0.6 is 0 Å². The molecule has 0 bridgehead atoms. The molecular weight excluding hydrogens is 208 g/mol. The van der Waals surface area contributed by atoms with Gasteiger partial charge in [-0.3, -0.25) is 0 Å².